The number of halogens is 1. The molecule has 1 amide bonds. The summed E-state index contributed by atoms with van der Waals surface area (Å²) in [5.41, 5.74) is 0.172. The quantitative estimate of drug-likeness (QED) is 0.724. The second-order valence-corrected chi connectivity index (χ2v) is 4.38. The minimum Gasteiger partial charge on any atom is -0.494 e. The number of hydrogen-bond donors (Lipinski definition) is 0. The summed E-state index contributed by atoms with van der Waals surface area (Å²) in [4.78, 5) is 25.2. The first-order valence-corrected chi connectivity index (χ1v) is 6.81. The molecule has 0 aliphatic carbocycles. The summed E-state index contributed by atoms with van der Waals surface area (Å²) in [6.45, 7) is 4.09. The molecule has 0 aliphatic rings. The zero-order valence-corrected chi connectivity index (χ0v) is 12.5. The van der Waals surface area contributed by atoms with Gasteiger partial charge in [-0.2, -0.15) is 0 Å². The number of ether oxygens (including phenoxy) is 2. The molecule has 0 N–H and O–H groups in total. The molecule has 1 aromatic carbocycles. The molecule has 0 fully saturated rings. The largest absolute Gasteiger partial charge is 0.494 e. The molecule has 0 atom stereocenters. The molecule has 6 heteroatoms. The van der Waals surface area contributed by atoms with Crippen molar-refractivity contribution in [2.45, 2.75) is 20.3 Å². The predicted molar refractivity (Wildman–Crippen MR) is 75.8 cm³/mol. The number of methoxy groups -OCH3 is 1. The maximum atomic E-state index is 13.7. The Morgan fingerprint density at radius 3 is 2.52 bits per heavy atom. The Morgan fingerprint density at radius 2 is 2.00 bits per heavy atom. The summed E-state index contributed by atoms with van der Waals surface area (Å²) < 4.78 is 23.3. The van der Waals surface area contributed by atoms with Crippen molar-refractivity contribution in [1.29, 1.82) is 0 Å². The van der Waals surface area contributed by atoms with E-state index in [0.29, 0.717) is 13.0 Å². The van der Waals surface area contributed by atoms with Crippen molar-refractivity contribution in [3.63, 3.8) is 0 Å². The van der Waals surface area contributed by atoms with E-state index in [1.807, 2.05) is 6.92 Å². The molecule has 0 unspecified atom stereocenters. The second-order valence-electron chi connectivity index (χ2n) is 4.38. The summed E-state index contributed by atoms with van der Waals surface area (Å²) in [5, 5.41) is 0. The number of carbonyl (C=O) groups is 2. The van der Waals surface area contributed by atoms with Crippen LogP contribution < -0.4 is 4.74 Å². The van der Waals surface area contributed by atoms with Gasteiger partial charge in [0.25, 0.3) is 5.91 Å². The minimum atomic E-state index is -0.615. The van der Waals surface area contributed by atoms with E-state index in [9.17, 15) is 14.0 Å². The fraction of sp³-hybridized carbons (Fsp3) is 0.467. The SMILES string of the molecule is CCCN(CC(=O)OCC)C(=O)c1ccc(OC)c(F)c1. The van der Waals surface area contributed by atoms with Crippen molar-refractivity contribution in [3.8, 4) is 5.75 Å². The standard InChI is InChI=1S/C15H20FNO4/c1-4-8-17(10-14(18)21-5-2)15(19)11-6-7-13(20-3)12(16)9-11/h6-7,9H,4-5,8,10H2,1-3H3. The smallest absolute Gasteiger partial charge is 0.325 e. The zero-order chi connectivity index (χ0) is 15.8. The van der Waals surface area contributed by atoms with Gasteiger partial charge >= 0.3 is 5.97 Å². The Morgan fingerprint density at radius 1 is 1.29 bits per heavy atom. The van der Waals surface area contributed by atoms with Gasteiger partial charge in [-0.25, -0.2) is 4.39 Å². The van der Waals surface area contributed by atoms with Crippen molar-refractivity contribution < 1.29 is 23.5 Å². The van der Waals surface area contributed by atoms with Gasteiger partial charge in [-0.15, -0.1) is 0 Å². The number of esters is 1. The molecule has 1 rings (SSSR count). The molecule has 0 saturated heterocycles. The van der Waals surface area contributed by atoms with E-state index in [1.54, 1.807) is 6.92 Å². The Hall–Kier alpha value is -2.11. The van der Waals surface area contributed by atoms with Crippen LogP contribution in [0.1, 0.15) is 30.6 Å². The highest BCUT2D eigenvalue weighted by Crippen LogP contribution is 2.18. The van der Waals surface area contributed by atoms with Crippen molar-refractivity contribution >= 4 is 11.9 Å². The average Bonchev–Trinajstić information content (AvgIpc) is 2.46. The van der Waals surface area contributed by atoms with Crippen molar-refractivity contribution in [1.82, 2.24) is 4.90 Å². The topological polar surface area (TPSA) is 55.8 Å². The second kappa shape index (κ2) is 8.24. The molecule has 0 radical (unpaired) electrons. The summed E-state index contributed by atoms with van der Waals surface area (Å²) >= 11 is 0. The molecule has 0 aromatic heterocycles. The van der Waals surface area contributed by atoms with E-state index in [0.717, 1.165) is 6.07 Å². The third kappa shape index (κ3) is 4.73. The number of hydrogen-bond acceptors (Lipinski definition) is 4. The minimum absolute atomic E-state index is 0.0685. The lowest BCUT2D eigenvalue weighted by molar-refractivity contribution is -0.143. The molecular weight excluding hydrogens is 277 g/mol. The van der Waals surface area contributed by atoms with Crippen LogP contribution in [0.2, 0.25) is 0 Å². The Labute approximate surface area is 123 Å². The monoisotopic (exact) mass is 297 g/mol. The molecule has 0 bridgehead atoms. The molecule has 0 heterocycles. The van der Waals surface area contributed by atoms with E-state index in [4.69, 9.17) is 9.47 Å². The van der Waals surface area contributed by atoms with E-state index in [1.165, 1.54) is 24.1 Å². The van der Waals surface area contributed by atoms with Gasteiger partial charge in [0.1, 0.15) is 6.54 Å². The predicted octanol–water partition coefficient (Wildman–Crippen LogP) is 2.25. The van der Waals surface area contributed by atoms with Crippen molar-refractivity contribution in [2.24, 2.45) is 0 Å². The van der Waals surface area contributed by atoms with Crippen LogP contribution in [-0.4, -0.2) is 43.6 Å². The maximum Gasteiger partial charge on any atom is 0.325 e. The average molecular weight is 297 g/mol. The van der Waals surface area contributed by atoms with E-state index in [2.05, 4.69) is 0 Å². The summed E-state index contributed by atoms with van der Waals surface area (Å²) in [6.07, 6.45) is 0.684. The van der Waals surface area contributed by atoms with Crippen LogP contribution in [0.25, 0.3) is 0 Å². The molecule has 21 heavy (non-hydrogen) atoms. The first-order chi connectivity index (χ1) is 10.0. The van der Waals surface area contributed by atoms with Gasteiger partial charge in [0.2, 0.25) is 0 Å². The van der Waals surface area contributed by atoms with Crippen LogP contribution in [0, 0.1) is 5.82 Å². The molecular formula is C15H20FNO4. The normalized spacial score (nSPS) is 10.1. The number of rotatable bonds is 7. The highest BCUT2D eigenvalue weighted by atomic mass is 19.1. The third-order valence-corrected chi connectivity index (χ3v) is 2.80. The Kier molecular flexibility index (Phi) is 6.65. The van der Waals surface area contributed by atoms with Crippen LogP contribution in [0.15, 0.2) is 18.2 Å². The van der Waals surface area contributed by atoms with Gasteiger partial charge in [0.05, 0.1) is 13.7 Å². The van der Waals surface area contributed by atoms with E-state index >= 15 is 0 Å². The summed E-state index contributed by atoms with van der Waals surface area (Å²) in [6, 6.07) is 3.96. The van der Waals surface area contributed by atoms with Crippen LogP contribution in [0.4, 0.5) is 4.39 Å². The zero-order valence-electron chi connectivity index (χ0n) is 12.5. The number of amides is 1. The van der Waals surface area contributed by atoms with Crippen LogP contribution in [0.5, 0.6) is 5.75 Å². The van der Waals surface area contributed by atoms with Crippen molar-refractivity contribution in [2.75, 3.05) is 26.8 Å². The highest BCUT2D eigenvalue weighted by molar-refractivity contribution is 5.96. The summed E-state index contributed by atoms with van der Waals surface area (Å²) in [5.74, 6) is -1.44. The van der Waals surface area contributed by atoms with E-state index < -0.39 is 17.7 Å². The van der Waals surface area contributed by atoms with Gasteiger partial charge in [0.15, 0.2) is 11.6 Å². The Balaban J connectivity index is 2.89. The van der Waals surface area contributed by atoms with Crippen LogP contribution in [0.3, 0.4) is 0 Å². The van der Waals surface area contributed by atoms with Crippen LogP contribution in [-0.2, 0) is 9.53 Å². The highest BCUT2D eigenvalue weighted by Gasteiger charge is 2.20. The molecule has 0 saturated carbocycles. The number of benzene rings is 1. The number of nitrogens with zero attached hydrogens (tertiary/aromatic N) is 1. The van der Waals surface area contributed by atoms with Gasteiger partial charge < -0.3 is 14.4 Å². The van der Waals surface area contributed by atoms with Gasteiger partial charge in [0, 0.05) is 12.1 Å². The molecule has 5 nitrogen and oxygen atoms in total. The third-order valence-electron chi connectivity index (χ3n) is 2.80. The van der Waals surface area contributed by atoms with Crippen LogP contribution >= 0.6 is 0 Å². The molecule has 116 valence electrons. The lowest BCUT2D eigenvalue weighted by atomic mass is 10.1. The first-order valence-electron chi connectivity index (χ1n) is 6.81. The number of carbonyl (C=O) groups excluding carboxylic acids is 2. The summed E-state index contributed by atoms with van der Waals surface area (Å²) in [7, 11) is 1.35. The van der Waals surface area contributed by atoms with Gasteiger partial charge in [-0.1, -0.05) is 6.92 Å². The lowest BCUT2D eigenvalue weighted by Gasteiger charge is -2.21. The fourth-order valence-corrected chi connectivity index (χ4v) is 1.87. The first kappa shape index (κ1) is 16.9. The van der Waals surface area contributed by atoms with Gasteiger partial charge in [-0.3, -0.25) is 9.59 Å². The van der Waals surface area contributed by atoms with Gasteiger partial charge in [-0.05, 0) is 31.5 Å². The molecule has 0 aliphatic heterocycles. The van der Waals surface area contributed by atoms with E-state index in [-0.39, 0.29) is 24.5 Å². The lowest BCUT2D eigenvalue weighted by Crippen LogP contribution is -2.37. The Bertz CT molecular complexity index is 504. The molecule has 0 spiro atoms. The molecule has 1 aromatic rings. The van der Waals surface area contributed by atoms with Crippen molar-refractivity contribution in [3.05, 3.63) is 29.6 Å². The fourth-order valence-electron chi connectivity index (χ4n) is 1.87. The maximum absolute atomic E-state index is 13.7.